The maximum atomic E-state index is 11.1. The van der Waals surface area contributed by atoms with Crippen LogP contribution in [0, 0.1) is 15.5 Å². The second-order valence-corrected chi connectivity index (χ2v) is 6.99. The highest BCUT2D eigenvalue weighted by atomic mass is 32.1. The molecule has 0 aliphatic heterocycles. The van der Waals surface area contributed by atoms with E-state index in [4.69, 9.17) is 0 Å². The third-order valence-electron chi connectivity index (χ3n) is 3.48. The second kappa shape index (κ2) is 5.46. The summed E-state index contributed by atoms with van der Waals surface area (Å²) in [4.78, 5) is 13.3. The van der Waals surface area contributed by atoms with E-state index in [0.717, 1.165) is 0 Å². The predicted octanol–water partition coefficient (Wildman–Crippen LogP) is 3.58. The van der Waals surface area contributed by atoms with Gasteiger partial charge in [-0.25, -0.2) is 0 Å². The van der Waals surface area contributed by atoms with E-state index in [-0.39, 0.29) is 22.1 Å². The zero-order valence-electron chi connectivity index (χ0n) is 12.3. The molecule has 0 amide bonds. The number of nitro groups is 1. The smallest absolute Gasteiger partial charge is 0.304 e. The van der Waals surface area contributed by atoms with Crippen molar-refractivity contribution in [2.45, 2.75) is 46.8 Å². The van der Waals surface area contributed by atoms with Crippen LogP contribution >= 0.6 is 11.3 Å². The molecular weight excluding hydrogens is 264 g/mol. The Kier molecular flexibility index (Phi) is 4.58. The van der Waals surface area contributed by atoms with Gasteiger partial charge in [0.1, 0.15) is 0 Å². The average Bonchev–Trinajstić information content (AvgIpc) is 2.70. The average molecular weight is 286 g/mol. The van der Waals surface area contributed by atoms with Crippen molar-refractivity contribution in [3.8, 4) is 0 Å². The number of hydrogen-bond donors (Lipinski definition) is 1. The van der Waals surface area contributed by atoms with Gasteiger partial charge < -0.3 is 10.0 Å². The topological polar surface area (TPSA) is 66.6 Å². The molecular formula is C13H22N2O3S. The van der Waals surface area contributed by atoms with Gasteiger partial charge in [0.2, 0.25) is 0 Å². The van der Waals surface area contributed by atoms with Crippen molar-refractivity contribution < 1.29 is 10.0 Å². The Morgan fingerprint density at radius 2 is 1.95 bits per heavy atom. The molecule has 0 bridgehead atoms. The van der Waals surface area contributed by atoms with Crippen LogP contribution in [0.1, 0.15) is 45.6 Å². The Balaban J connectivity index is 3.21. The van der Waals surface area contributed by atoms with E-state index in [9.17, 15) is 15.2 Å². The van der Waals surface area contributed by atoms with Gasteiger partial charge in [-0.1, -0.05) is 20.8 Å². The lowest BCUT2D eigenvalue weighted by molar-refractivity contribution is -0.383. The highest BCUT2D eigenvalue weighted by Gasteiger charge is 2.30. The Bertz CT molecular complexity index is 463. The molecule has 1 aromatic rings. The molecule has 0 saturated heterocycles. The lowest BCUT2D eigenvalue weighted by Crippen LogP contribution is -2.39. The predicted molar refractivity (Wildman–Crippen MR) is 78.9 cm³/mol. The number of thiophene rings is 1. The zero-order chi connectivity index (χ0) is 15.0. The molecule has 19 heavy (non-hydrogen) atoms. The monoisotopic (exact) mass is 286 g/mol. The summed E-state index contributed by atoms with van der Waals surface area (Å²) < 4.78 is 0. The normalized spacial score (nSPS) is 15.1. The summed E-state index contributed by atoms with van der Waals surface area (Å²) in [5.74, 6) is 0. The van der Waals surface area contributed by atoms with Crippen molar-refractivity contribution in [2.24, 2.45) is 5.41 Å². The standard InChI is InChI=1S/C13H22N2O3S/c1-8(16)11-7-10(15(17)18)12(19-11)14(6)9(2)13(3,4)5/h7-9,16H,1-6H3. The molecule has 0 fully saturated rings. The summed E-state index contributed by atoms with van der Waals surface area (Å²) in [6.07, 6.45) is -0.684. The van der Waals surface area contributed by atoms with Crippen LogP contribution in [0.15, 0.2) is 6.07 Å². The molecule has 108 valence electrons. The van der Waals surface area contributed by atoms with Crippen molar-refractivity contribution in [1.29, 1.82) is 0 Å². The number of aliphatic hydroxyl groups excluding tert-OH is 1. The van der Waals surface area contributed by atoms with Crippen molar-refractivity contribution in [3.63, 3.8) is 0 Å². The third-order valence-corrected chi connectivity index (χ3v) is 4.86. The van der Waals surface area contributed by atoms with Gasteiger partial charge in [-0.15, -0.1) is 11.3 Å². The lowest BCUT2D eigenvalue weighted by atomic mass is 9.87. The van der Waals surface area contributed by atoms with Crippen LogP contribution < -0.4 is 4.90 Å². The van der Waals surface area contributed by atoms with Gasteiger partial charge in [-0.3, -0.25) is 10.1 Å². The molecule has 0 radical (unpaired) electrons. The van der Waals surface area contributed by atoms with E-state index >= 15 is 0 Å². The minimum atomic E-state index is -0.684. The SMILES string of the molecule is CC(O)c1cc([N+](=O)[O-])c(N(C)C(C)C(C)(C)C)s1. The minimum absolute atomic E-state index is 0.0115. The van der Waals surface area contributed by atoms with Gasteiger partial charge in [0, 0.05) is 24.0 Å². The molecule has 0 aliphatic carbocycles. The van der Waals surface area contributed by atoms with Gasteiger partial charge in [0.05, 0.1) is 11.0 Å². The first kappa shape index (κ1) is 15.9. The first-order valence-corrected chi connectivity index (χ1v) is 7.06. The molecule has 0 spiro atoms. The molecule has 1 aromatic heterocycles. The second-order valence-electron chi connectivity index (χ2n) is 5.93. The fourth-order valence-corrected chi connectivity index (χ4v) is 2.84. The number of nitrogens with zero attached hydrogens (tertiary/aromatic N) is 2. The maximum absolute atomic E-state index is 11.1. The molecule has 5 nitrogen and oxygen atoms in total. The molecule has 1 rings (SSSR count). The highest BCUT2D eigenvalue weighted by molar-refractivity contribution is 7.16. The van der Waals surface area contributed by atoms with Crippen LogP contribution in [0.25, 0.3) is 0 Å². The molecule has 1 N–H and O–H groups in total. The number of aliphatic hydroxyl groups is 1. The van der Waals surface area contributed by atoms with E-state index in [2.05, 4.69) is 20.8 Å². The summed E-state index contributed by atoms with van der Waals surface area (Å²) in [6.45, 7) is 9.97. The van der Waals surface area contributed by atoms with Crippen LogP contribution in [0.2, 0.25) is 0 Å². The molecule has 0 aliphatic rings. The highest BCUT2D eigenvalue weighted by Crippen LogP contribution is 2.42. The molecule has 0 aromatic carbocycles. The van der Waals surface area contributed by atoms with E-state index < -0.39 is 6.10 Å². The molecule has 0 saturated carbocycles. The minimum Gasteiger partial charge on any atom is -0.388 e. The molecule has 2 unspecified atom stereocenters. The van der Waals surface area contributed by atoms with Gasteiger partial charge in [-0.2, -0.15) is 0 Å². The van der Waals surface area contributed by atoms with Crippen LogP contribution in [-0.2, 0) is 0 Å². The fraction of sp³-hybridized carbons (Fsp3) is 0.692. The van der Waals surface area contributed by atoms with Crippen molar-refractivity contribution in [1.82, 2.24) is 0 Å². The van der Waals surface area contributed by atoms with Crippen LogP contribution in [0.4, 0.5) is 10.7 Å². The van der Waals surface area contributed by atoms with Gasteiger partial charge in [0.25, 0.3) is 0 Å². The largest absolute Gasteiger partial charge is 0.388 e. The Hall–Kier alpha value is -1.14. The van der Waals surface area contributed by atoms with Gasteiger partial charge in [0.15, 0.2) is 5.00 Å². The van der Waals surface area contributed by atoms with E-state index in [1.807, 2.05) is 18.9 Å². The third kappa shape index (κ3) is 3.45. The number of rotatable bonds is 4. The summed E-state index contributed by atoms with van der Waals surface area (Å²) in [5.41, 5.74) is 0.0805. The molecule has 6 heteroatoms. The van der Waals surface area contributed by atoms with Gasteiger partial charge >= 0.3 is 5.69 Å². The summed E-state index contributed by atoms with van der Waals surface area (Å²) in [7, 11) is 1.86. The first-order valence-electron chi connectivity index (χ1n) is 6.24. The van der Waals surface area contributed by atoms with Crippen molar-refractivity contribution in [2.75, 3.05) is 11.9 Å². The Morgan fingerprint density at radius 3 is 2.32 bits per heavy atom. The zero-order valence-corrected chi connectivity index (χ0v) is 13.1. The van der Waals surface area contributed by atoms with Crippen LogP contribution in [0.5, 0.6) is 0 Å². The van der Waals surface area contributed by atoms with Crippen LogP contribution in [-0.4, -0.2) is 23.1 Å². The Morgan fingerprint density at radius 1 is 1.42 bits per heavy atom. The number of anilines is 1. The Labute approximate surface area is 118 Å². The van der Waals surface area contributed by atoms with Crippen molar-refractivity contribution in [3.05, 3.63) is 21.1 Å². The van der Waals surface area contributed by atoms with Gasteiger partial charge in [-0.05, 0) is 19.3 Å². The van der Waals surface area contributed by atoms with Crippen molar-refractivity contribution >= 4 is 22.0 Å². The first-order chi connectivity index (χ1) is 8.55. The fourth-order valence-electron chi connectivity index (χ4n) is 1.74. The van der Waals surface area contributed by atoms with Crippen LogP contribution in [0.3, 0.4) is 0 Å². The maximum Gasteiger partial charge on any atom is 0.304 e. The quantitative estimate of drug-likeness (QED) is 0.678. The van der Waals surface area contributed by atoms with E-state index in [0.29, 0.717) is 9.88 Å². The molecule has 1 heterocycles. The van der Waals surface area contributed by atoms with E-state index in [1.165, 1.54) is 17.4 Å². The lowest BCUT2D eigenvalue weighted by Gasteiger charge is -2.35. The van der Waals surface area contributed by atoms with E-state index in [1.54, 1.807) is 6.92 Å². The summed E-state index contributed by atoms with van der Waals surface area (Å²) in [6, 6.07) is 1.61. The molecule has 2 atom stereocenters. The summed E-state index contributed by atoms with van der Waals surface area (Å²) in [5, 5.41) is 21.3. The number of hydrogen-bond acceptors (Lipinski definition) is 5. The summed E-state index contributed by atoms with van der Waals surface area (Å²) >= 11 is 1.28.